The van der Waals surface area contributed by atoms with Gasteiger partial charge in [0.25, 0.3) is 0 Å². The summed E-state index contributed by atoms with van der Waals surface area (Å²) in [6.45, 7) is 13.6. The number of hydrogen-bond acceptors (Lipinski definition) is 3. The molecule has 1 radical (unpaired) electrons. The summed E-state index contributed by atoms with van der Waals surface area (Å²) in [6.07, 6.45) is 3.92. The van der Waals surface area contributed by atoms with Gasteiger partial charge in [-0.1, -0.05) is 110 Å². The molecule has 0 atom stereocenters. The van der Waals surface area contributed by atoms with Crippen molar-refractivity contribution in [1.29, 1.82) is 0 Å². The Hall–Kier alpha value is -4.15. The van der Waals surface area contributed by atoms with Gasteiger partial charge in [0.1, 0.15) is 5.58 Å². The molecule has 0 saturated carbocycles. The molecule has 0 spiro atoms. The number of fused-ring (bicyclic) bond motifs is 3. The molecular formula is C41H38IrN2OSi-2. The maximum atomic E-state index is 6.33. The van der Waals surface area contributed by atoms with Crippen molar-refractivity contribution in [3.05, 3.63) is 139 Å². The number of aryl methyl sites for hydroxylation is 1. The minimum Gasteiger partial charge on any atom is -0.501 e. The molecular weight excluding hydrogens is 757 g/mol. The van der Waals surface area contributed by atoms with Crippen LogP contribution in [0.15, 0.2) is 120 Å². The summed E-state index contributed by atoms with van der Waals surface area (Å²) in [5.41, 5.74) is 10.6. The molecule has 3 heterocycles. The molecule has 3 aromatic heterocycles. The van der Waals surface area contributed by atoms with E-state index in [4.69, 9.17) is 4.42 Å². The van der Waals surface area contributed by atoms with E-state index in [1.807, 2.05) is 36.5 Å². The molecule has 5 heteroatoms. The third-order valence-electron chi connectivity index (χ3n) is 8.15. The van der Waals surface area contributed by atoms with Gasteiger partial charge in [-0.3, -0.25) is 0 Å². The first kappa shape index (κ1) is 33.2. The maximum absolute atomic E-state index is 6.33. The Balaban J connectivity index is 0.000000200. The van der Waals surface area contributed by atoms with Crippen LogP contribution in [0.1, 0.15) is 30.9 Å². The molecule has 0 fully saturated rings. The second kappa shape index (κ2) is 14.1. The molecule has 0 amide bonds. The van der Waals surface area contributed by atoms with Gasteiger partial charge in [-0.05, 0) is 52.7 Å². The molecule has 7 rings (SSSR count). The first-order valence-corrected chi connectivity index (χ1v) is 19.0. The maximum Gasteiger partial charge on any atom is 0.121 e. The molecule has 0 N–H and O–H groups in total. The minimum absolute atomic E-state index is 0. The Morgan fingerprint density at radius 2 is 1.50 bits per heavy atom. The molecule has 0 bridgehead atoms. The van der Waals surface area contributed by atoms with E-state index >= 15 is 0 Å². The van der Waals surface area contributed by atoms with Crippen molar-refractivity contribution in [3.63, 3.8) is 0 Å². The summed E-state index contributed by atoms with van der Waals surface area (Å²) in [4.78, 5) is 9.17. The van der Waals surface area contributed by atoms with E-state index < -0.39 is 8.07 Å². The zero-order valence-corrected chi connectivity index (χ0v) is 30.6. The summed E-state index contributed by atoms with van der Waals surface area (Å²) < 4.78 is 6.33. The van der Waals surface area contributed by atoms with Crippen LogP contribution in [0.4, 0.5) is 0 Å². The van der Waals surface area contributed by atoms with Crippen molar-refractivity contribution in [1.82, 2.24) is 9.97 Å². The molecule has 0 aliphatic rings. The van der Waals surface area contributed by atoms with Crippen LogP contribution in [0, 0.1) is 19.1 Å². The van der Waals surface area contributed by atoms with Crippen LogP contribution in [0.2, 0.25) is 19.6 Å². The number of rotatable bonds is 5. The summed E-state index contributed by atoms with van der Waals surface area (Å²) in [5.74, 6) is 0.449. The number of aromatic nitrogens is 2. The van der Waals surface area contributed by atoms with Gasteiger partial charge in [0.15, 0.2) is 0 Å². The average Bonchev–Trinajstić information content (AvgIpc) is 3.43. The van der Waals surface area contributed by atoms with Gasteiger partial charge in [0.05, 0.1) is 13.7 Å². The second-order valence-corrected chi connectivity index (χ2v) is 17.9. The fourth-order valence-electron chi connectivity index (χ4n) is 5.73. The van der Waals surface area contributed by atoms with Crippen molar-refractivity contribution >= 4 is 35.2 Å². The first-order chi connectivity index (χ1) is 21.7. The predicted octanol–water partition coefficient (Wildman–Crippen LogP) is 10.6. The molecule has 7 aromatic rings. The van der Waals surface area contributed by atoms with E-state index in [1.165, 1.54) is 21.9 Å². The molecule has 0 saturated heterocycles. The number of furan rings is 1. The molecule has 0 aliphatic carbocycles. The van der Waals surface area contributed by atoms with Crippen LogP contribution < -0.4 is 5.19 Å². The zero-order valence-electron chi connectivity index (χ0n) is 27.2. The standard InChI is InChI=1S/C26H20NO.C15H18NSi.Ir/c1-17(2)19-13-14-27-24(15-19)23-10-6-9-22-21-12-11-20(16-25(21)28-26(22)23)18-7-4-3-5-8-18;1-12-10-14(13-8-6-5-7-9-13)16-11-15(12)17(2,3)4;/h3-9,11-17H,1-2H3;5-8,10-11H,1-4H3;/q2*-1;. The van der Waals surface area contributed by atoms with Gasteiger partial charge < -0.3 is 14.4 Å². The predicted molar refractivity (Wildman–Crippen MR) is 192 cm³/mol. The quantitative estimate of drug-likeness (QED) is 0.129. The molecule has 3 nitrogen and oxygen atoms in total. The van der Waals surface area contributed by atoms with Gasteiger partial charge in [0.2, 0.25) is 0 Å². The van der Waals surface area contributed by atoms with E-state index in [9.17, 15) is 0 Å². The Labute approximate surface area is 287 Å². The topological polar surface area (TPSA) is 38.9 Å². The normalized spacial score (nSPS) is 11.3. The van der Waals surface area contributed by atoms with E-state index in [1.54, 1.807) is 0 Å². The summed E-state index contributed by atoms with van der Waals surface area (Å²) >= 11 is 0. The summed E-state index contributed by atoms with van der Waals surface area (Å²) in [6, 6.07) is 41.7. The number of pyridine rings is 2. The molecule has 4 aromatic carbocycles. The molecule has 233 valence electrons. The van der Waals surface area contributed by atoms with E-state index in [2.05, 4.69) is 142 Å². The van der Waals surface area contributed by atoms with Crippen LogP contribution in [0.3, 0.4) is 0 Å². The number of hydrogen-bond donors (Lipinski definition) is 0. The first-order valence-electron chi connectivity index (χ1n) is 15.5. The SMILES string of the molecule is CC(C)c1ccnc(-c2[c-]ccc3c2oc2cc(-c4ccccc4)ccc23)c1.Cc1cc(-c2[c-]cccc2)ncc1[Si](C)(C)C.[Ir]. The van der Waals surface area contributed by atoms with Gasteiger partial charge in [-0.2, -0.15) is 0 Å². The van der Waals surface area contributed by atoms with Gasteiger partial charge in [-0.25, -0.2) is 0 Å². The molecule has 0 unspecified atom stereocenters. The van der Waals surface area contributed by atoms with Crippen molar-refractivity contribution in [2.45, 2.75) is 46.3 Å². The zero-order chi connectivity index (χ0) is 31.6. The summed E-state index contributed by atoms with van der Waals surface area (Å²) in [5, 5.41) is 3.65. The van der Waals surface area contributed by atoms with Crippen LogP contribution in [0.25, 0.3) is 55.6 Å². The fraction of sp³-hybridized carbons (Fsp3) is 0.171. The second-order valence-electron chi connectivity index (χ2n) is 12.8. The fourth-order valence-corrected chi connectivity index (χ4v) is 7.43. The van der Waals surface area contributed by atoms with Gasteiger partial charge in [0, 0.05) is 37.9 Å². The Bertz CT molecular complexity index is 2080. The van der Waals surface area contributed by atoms with Crippen molar-refractivity contribution < 1.29 is 24.5 Å². The van der Waals surface area contributed by atoms with E-state index in [0.717, 1.165) is 50.0 Å². The van der Waals surface area contributed by atoms with Crippen LogP contribution >= 0.6 is 0 Å². The van der Waals surface area contributed by atoms with Gasteiger partial charge >= 0.3 is 0 Å². The smallest absolute Gasteiger partial charge is 0.121 e. The minimum atomic E-state index is -1.27. The third kappa shape index (κ3) is 7.13. The Morgan fingerprint density at radius 1 is 0.717 bits per heavy atom. The molecule has 0 aliphatic heterocycles. The number of nitrogens with zero attached hydrogens (tertiary/aromatic N) is 2. The van der Waals surface area contributed by atoms with Crippen molar-refractivity contribution in [3.8, 4) is 33.6 Å². The monoisotopic (exact) mass is 795 g/mol. The van der Waals surface area contributed by atoms with Crippen molar-refractivity contribution in [2.75, 3.05) is 0 Å². The van der Waals surface area contributed by atoms with E-state index in [-0.39, 0.29) is 20.1 Å². The largest absolute Gasteiger partial charge is 0.501 e. The van der Waals surface area contributed by atoms with E-state index in [0.29, 0.717) is 5.92 Å². The van der Waals surface area contributed by atoms with Gasteiger partial charge in [-0.15, -0.1) is 54.1 Å². The molecule has 46 heavy (non-hydrogen) atoms. The van der Waals surface area contributed by atoms with Crippen LogP contribution in [0.5, 0.6) is 0 Å². The third-order valence-corrected chi connectivity index (χ3v) is 10.3. The Morgan fingerprint density at radius 3 is 2.20 bits per heavy atom. The Kier molecular flexibility index (Phi) is 10.2. The van der Waals surface area contributed by atoms with Crippen LogP contribution in [-0.4, -0.2) is 18.0 Å². The summed E-state index contributed by atoms with van der Waals surface area (Å²) in [7, 11) is -1.27. The van der Waals surface area contributed by atoms with Crippen LogP contribution in [-0.2, 0) is 20.1 Å². The van der Waals surface area contributed by atoms with Crippen molar-refractivity contribution in [2.24, 2.45) is 0 Å². The average molecular weight is 795 g/mol. The number of benzene rings is 4.